The predicted molar refractivity (Wildman–Crippen MR) is 115 cm³/mol. The standard InChI is InChI=1S/C22H20FN3.C2H6/c1-14-18(3-2-4-21(14)25)20-13-26(17-8-6-16(23)7-9-17)22-10-5-15(12-24)11-19(20)22;1-2/h2-6,10-11,13,17H,7-9,25H2,1H3;1-2H3. The van der Waals surface area contributed by atoms with Crippen molar-refractivity contribution in [2.45, 2.75) is 46.1 Å². The fourth-order valence-corrected chi connectivity index (χ4v) is 3.83. The van der Waals surface area contributed by atoms with Crippen LogP contribution in [0, 0.1) is 18.3 Å². The van der Waals surface area contributed by atoms with Crippen LogP contribution >= 0.6 is 0 Å². The minimum absolute atomic E-state index is 0.0172. The summed E-state index contributed by atoms with van der Waals surface area (Å²) in [5.41, 5.74) is 11.7. The number of fused-ring (bicyclic) bond motifs is 1. The molecule has 0 bridgehead atoms. The minimum Gasteiger partial charge on any atom is -0.398 e. The van der Waals surface area contributed by atoms with Crippen LogP contribution < -0.4 is 5.73 Å². The summed E-state index contributed by atoms with van der Waals surface area (Å²) in [7, 11) is 0. The Hall–Kier alpha value is -3.06. The van der Waals surface area contributed by atoms with Crippen molar-refractivity contribution in [3.63, 3.8) is 0 Å². The van der Waals surface area contributed by atoms with Crippen LogP contribution in [-0.2, 0) is 0 Å². The van der Waals surface area contributed by atoms with Crippen molar-refractivity contribution in [2.24, 2.45) is 0 Å². The van der Waals surface area contributed by atoms with Crippen molar-refractivity contribution in [1.82, 2.24) is 4.57 Å². The molecular formula is C24H26FN3. The van der Waals surface area contributed by atoms with Crippen LogP contribution in [0.3, 0.4) is 0 Å². The number of nitrogens with two attached hydrogens (primary N) is 1. The van der Waals surface area contributed by atoms with Crippen LogP contribution in [0.15, 0.2) is 54.5 Å². The van der Waals surface area contributed by atoms with E-state index >= 15 is 0 Å². The van der Waals surface area contributed by atoms with E-state index in [1.807, 2.05) is 51.1 Å². The minimum atomic E-state index is -0.0172. The molecule has 1 aromatic heterocycles. The predicted octanol–water partition coefficient (Wildman–Crippen LogP) is 6.68. The van der Waals surface area contributed by atoms with Crippen LogP contribution in [0.2, 0.25) is 0 Å². The zero-order valence-corrected chi connectivity index (χ0v) is 16.7. The summed E-state index contributed by atoms with van der Waals surface area (Å²) in [5, 5.41) is 10.4. The average Bonchev–Trinajstić information content (AvgIpc) is 3.10. The smallest absolute Gasteiger partial charge is 0.0991 e. The highest BCUT2D eigenvalue weighted by Crippen LogP contribution is 2.39. The number of hydrogen-bond donors (Lipinski definition) is 1. The third kappa shape index (κ3) is 3.53. The molecule has 2 N–H and O–H groups in total. The van der Waals surface area contributed by atoms with Gasteiger partial charge >= 0.3 is 0 Å². The topological polar surface area (TPSA) is 54.7 Å². The zero-order chi connectivity index (χ0) is 20.3. The molecule has 1 aliphatic rings. The maximum absolute atomic E-state index is 13.5. The number of allylic oxidation sites excluding steroid dienone is 2. The summed E-state index contributed by atoms with van der Waals surface area (Å²) < 4.78 is 15.7. The Labute approximate surface area is 165 Å². The van der Waals surface area contributed by atoms with Crippen molar-refractivity contribution in [2.75, 3.05) is 5.73 Å². The Morgan fingerprint density at radius 2 is 1.96 bits per heavy atom. The Kier molecular flexibility index (Phi) is 5.84. The Morgan fingerprint density at radius 3 is 2.64 bits per heavy atom. The zero-order valence-electron chi connectivity index (χ0n) is 16.7. The second kappa shape index (κ2) is 8.31. The summed E-state index contributed by atoms with van der Waals surface area (Å²) >= 11 is 0. The molecule has 0 spiro atoms. The second-order valence-corrected chi connectivity index (χ2v) is 6.89. The fraction of sp³-hybridized carbons (Fsp3) is 0.292. The summed E-state index contributed by atoms with van der Waals surface area (Å²) in [4.78, 5) is 0. The highest BCUT2D eigenvalue weighted by molar-refractivity contribution is 5.98. The fourth-order valence-electron chi connectivity index (χ4n) is 3.83. The Bertz CT molecular complexity index is 1070. The molecule has 1 unspecified atom stereocenters. The van der Waals surface area contributed by atoms with E-state index in [1.54, 1.807) is 6.08 Å². The molecule has 0 saturated heterocycles. The van der Waals surface area contributed by atoms with Crippen molar-refractivity contribution >= 4 is 16.6 Å². The van der Waals surface area contributed by atoms with E-state index in [2.05, 4.69) is 22.9 Å². The van der Waals surface area contributed by atoms with Gasteiger partial charge in [-0.2, -0.15) is 5.26 Å². The van der Waals surface area contributed by atoms with E-state index in [1.165, 1.54) is 0 Å². The second-order valence-electron chi connectivity index (χ2n) is 6.89. The molecule has 0 saturated carbocycles. The lowest BCUT2D eigenvalue weighted by molar-refractivity contribution is 0.423. The van der Waals surface area contributed by atoms with Crippen LogP contribution in [-0.4, -0.2) is 4.57 Å². The van der Waals surface area contributed by atoms with Gasteiger partial charge < -0.3 is 10.3 Å². The lowest BCUT2D eigenvalue weighted by Crippen LogP contribution is -2.10. The first-order valence-electron chi connectivity index (χ1n) is 9.83. The molecule has 0 amide bonds. The number of halogens is 1. The molecule has 144 valence electrons. The van der Waals surface area contributed by atoms with E-state index in [0.717, 1.165) is 39.7 Å². The first-order chi connectivity index (χ1) is 13.6. The third-order valence-electron chi connectivity index (χ3n) is 5.35. The van der Waals surface area contributed by atoms with Crippen molar-refractivity contribution < 1.29 is 4.39 Å². The van der Waals surface area contributed by atoms with E-state index in [-0.39, 0.29) is 11.9 Å². The van der Waals surface area contributed by atoms with Gasteiger partial charge in [-0.15, -0.1) is 0 Å². The van der Waals surface area contributed by atoms with Gasteiger partial charge in [-0.25, -0.2) is 4.39 Å². The average molecular weight is 375 g/mol. The summed E-state index contributed by atoms with van der Waals surface area (Å²) in [6, 6.07) is 14.1. The Balaban J connectivity index is 0.00000109. The van der Waals surface area contributed by atoms with Gasteiger partial charge in [0.1, 0.15) is 0 Å². The number of aromatic nitrogens is 1. The summed E-state index contributed by atoms with van der Waals surface area (Å²) in [6.45, 7) is 6.01. The number of benzene rings is 2. The number of hydrogen-bond acceptors (Lipinski definition) is 2. The lowest BCUT2D eigenvalue weighted by atomic mass is 9.98. The quantitative estimate of drug-likeness (QED) is 0.508. The highest BCUT2D eigenvalue weighted by Gasteiger charge is 2.21. The molecule has 4 heteroatoms. The molecule has 1 aliphatic carbocycles. The van der Waals surface area contributed by atoms with Gasteiger partial charge in [-0.1, -0.05) is 32.1 Å². The maximum atomic E-state index is 13.5. The largest absolute Gasteiger partial charge is 0.398 e. The molecule has 3 aromatic rings. The number of nitriles is 1. The SMILES string of the molecule is CC.Cc1c(N)cccc1-c1cn(C2CC=C(F)CC2)c2ccc(C#N)cc12. The van der Waals surface area contributed by atoms with Crippen LogP contribution in [0.25, 0.3) is 22.0 Å². The van der Waals surface area contributed by atoms with Crippen LogP contribution in [0.4, 0.5) is 10.1 Å². The van der Waals surface area contributed by atoms with Crippen molar-refractivity contribution in [3.8, 4) is 17.2 Å². The lowest BCUT2D eigenvalue weighted by Gasteiger charge is -2.21. The first kappa shape index (κ1) is 19.7. The number of rotatable bonds is 2. The number of anilines is 1. The Morgan fingerprint density at radius 1 is 1.18 bits per heavy atom. The molecule has 1 atom stereocenters. The number of nitrogens with zero attached hydrogens (tertiary/aromatic N) is 2. The number of nitrogen functional groups attached to an aromatic ring is 1. The highest BCUT2D eigenvalue weighted by atomic mass is 19.1. The molecule has 0 aliphatic heterocycles. The molecule has 0 fully saturated rings. The molecule has 2 aromatic carbocycles. The van der Waals surface area contributed by atoms with E-state index < -0.39 is 0 Å². The van der Waals surface area contributed by atoms with E-state index in [0.29, 0.717) is 18.4 Å². The van der Waals surface area contributed by atoms with Gasteiger partial charge in [0.05, 0.1) is 17.5 Å². The molecule has 3 nitrogen and oxygen atoms in total. The van der Waals surface area contributed by atoms with Gasteiger partial charge in [0.15, 0.2) is 0 Å². The van der Waals surface area contributed by atoms with Gasteiger partial charge in [-0.3, -0.25) is 0 Å². The molecular weight excluding hydrogens is 349 g/mol. The normalized spacial score (nSPS) is 16.1. The maximum Gasteiger partial charge on any atom is 0.0991 e. The van der Waals surface area contributed by atoms with E-state index in [9.17, 15) is 9.65 Å². The van der Waals surface area contributed by atoms with Crippen LogP contribution in [0.5, 0.6) is 0 Å². The summed E-state index contributed by atoms with van der Waals surface area (Å²) in [6.07, 6.45) is 5.77. The van der Waals surface area contributed by atoms with Crippen molar-refractivity contribution in [1.29, 1.82) is 5.26 Å². The van der Waals surface area contributed by atoms with Gasteiger partial charge in [-0.05, 0) is 55.2 Å². The summed E-state index contributed by atoms with van der Waals surface area (Å²) in [5.74, 6) is -0.0172. The molecule has 1 heterocycles. The van der Waals surface area contributed by atoms with Gasteiger partial charge in [0.25, 0.3) is 0 Å². The molecule has 4 rings (SSSR count). The van der Waals surface area contributed by atoms with Gasteiger partial charge in [0, 0.05) is 40.8 Å². The van der Waals surface area contributed by atoms with Crippen LogP contribution in [0.1, 0.15) is 50.3 Å². The van der Waals surface area contributed by atoms with Crippen molar-refractivity contribution in [3.05, 3.63) is 65.6 Å². The van der Waals surface area contributed by atoms with E-state index in [4.69, 9.17) is 5.73 Å². The van der Waals surface area contributed by atoms with Gasteiger partial charge in [0.2, 0.25) is 0 Å². The molecule has 28 heavy (non-hydrogen) atoms. The first-order valence-corrected chi connectivity index (χ1v) is 9.83. The molecule has 0 radical (unpaired) electrons. The monoisotopic (exact) mass is 375 g/mol. The third-order valence-corrected chi connectivity index (χ3v) is 5.35.